The molecule has 0 saturated carbocycles. The van der Waals surface area contributed by atoms with Crippen LogP contribution in [0, 0.1) is 18.6 Å². The van der Waals surface area contributed by atoms with Crippen molar-refractivity contribution in [3.63, 3.8) is 0 Å². The summed E-state index contributed by atoms with van der Waals surface area (Å²) in [6, 6.07) is 2.77. The molecule has 0 radical (unpaired) electrons. The fourth-order valence-electron chi connectivity index (χ4n) is 3.06. The number of ether oxygens (including phenoxy) is 1. The third kappa shape index (κ3) is 4.23. The first-order valence-corrected chi connectivity index (χ1v) is 10.8. The van der Waals surface area contributed by atoms with E-state index < -0.39 is 26.6 Å². The summed E-state index contributed by atoms with van der Waals surface area (Å²) in [6.45, 7) is 5.38. The quantitative estimate of drug-likeness (QED) is 0.613. The molecule has 2 aromatic heterocycles. The SMILES string of the molecule is Cc1c(-c2nc(S(C)(=O)=O)ncc2Oc2ccc(F)cc2F)c[nH]c(=O)c1C(C)C. The van der Waals surface area contributed by atoms with Gasteiger partial charge in [0.05, 0.1) is 6.20 Å². The highest BCUT2D eigenvalue weighted by atomic mass is 32.2. The molecule has 30 heavy (non-hydrogen) atoms. The second kappa shape index (κ2) is 7.94. The standard InChI is InChI=1S/C20H19F2N3O4S/c1-10(2)17-11(3)13(8-23-19(17)26)18-16(9-24-20(25-18)30(4,27)28)29-15-6-5-12(21)7-14(15)22/h5-10H,1-4H3,(H,23,26). The van der Waals surface area contributed by atoms with Crippen LogP contribution in [-0.2, 0) is 9.84 Å². The highest BCUT2D eigenvalue weighted by molar-refractivity contribution is 7.90. The van der Waals surface area contributed by atoms with Crippen LogP contribution in [-0.4, -0.2) is 29.6 Å². The molecule has 0 bridgehead atoms. The minimum Gasteiger partial charge on any atom is -0.450 e. The van der Waals surface area contributed by atoms with Crippen molar-refractivity contribution in [1.29, 1.82) is 0 Å². The number of pyridine rings is 1. The Labute approximate surface area is 171 Å². The third-order valence-electron chi connectivity index (χ3n) is 4.41. The van der Waals surface area contributed by atoms with Crippen molar-refractivity contribution in [2.45, 2.75) is 31.8 Å². The molecule has 7 nitrogen and oxygen atoms in total. The van der Waals surface area contributed by atoms with E-state index in [2.05, 4.69) is 15.0 Å². The number of sulfone groups is 1. The molecule has 0 fully saturated rings. The number of benzene rings is 1. The van der Waals surface area contributed by atoms with Gasteiger partial charge in [0.1, 0.15) is 11.5 Å². The maximum absolute atomic E-state index is 14.1. The minimum atomic E-state index is -3.76. The Kier molecular flexibility index (Phi) is 5.71. The van der Waals surface area contributed by atoms with Crippen LogP contribution >= 0.6 is 0 Å². The number of nitrogens with zero attached hydrogens (tertiary/aromatic N) is 2. The summed E-state index contributed by atoms with van der Waals surface area (Å²) in [5.74, 6) is -2.20. The predicted molar refractivity (Wildman–Crippen MR) is 106 cm³/mol. The lowest BCUT2D eigenvalue weighted by Crippen LogP contribution is -2.16. The van der Waals surface area contributed by atoms with Crippen molar-refractivity contribution in [2.75, 3.05) is 6.26 Å². The summed E-state index contributed by atoms with van der Waals surface area (Å²) >= 11 is 0. The zero-order valence-electron chi connectivity index (χ0n) is 16.7. The molecule has 0 amide bonds. The first-order chi connectivity index (χ1) is 14.0. The monoisotopic (exact) mass is 435 g/mol. The Morgan fingerprint density at radius 3 is 2.47 bits per heavy atom. The van der Waals surface area contributed by atoms with E-state index >= 15 is 0 Å². The topological polar surface area (TPSA) is 102 Å². The highest BCUT2D eigenvalue weighted by Gasteiger charge is 2.22. The smallest absolute Gasteiger partial charge is 0.251 e. The Balaban J connectivity index is 2.26. The van der Waals surface area contributed by atoms with Gasteiger partial charge < -0.3 is 9.72 Å². The van der Waals surface area contributed by atoms with Crippen LogP contribution in [0.3, 0.4) is 0 Å². The molecule has 3 rings (SSSR count). The van der Waals surface area contributed by atoms with Gasteiger partial charge in [-0.25, -0.2) is 27.2 Å². The number of aromatic nitrogens is 3. The molecule has 1 N–H and O–H groups in total. The van der Waals surface area contributed by atoms with Crippen molar-refractivity contribution < 1.29 is 21.9 Å². The zero-order valence-corrected chi connectivity index (χ0v) is 17.5. The fourth-order valence-corrected chi connectivity index (χ4v) is 3.56. The van der Waals surface area contributed by atoms with Gasteiger partial charge in [0.2, 0.25) is 15.0 Å². The average Bonchev–Trinajstić information content (AvgIpc) is 2.63. The van der Waals surface area contributed by atoms with Crippen LogP contribution in [0.5, 0.6) is 11.5 Å². The molecule has 0 unspecified atom stereocenters. The number of aromatic amines is 1. The first kappa shape index (κ1) is 21.6. The molecule has 2 heterocycles. The van der Waals surface area contributed by atoms with E-state index in [0.29, 0.717) is 22.8 Å². The largest absolute Gasteiger partial charge is 0.450 e. The van der Waals surface area contributed by atoms with E-state index in [9.17, 15) is 22.0 Å². The van der Waals surface area contributed by atoms with Gasteiger partial charge >= 0.3 is 0 Å². The molecule has 0 saturated heterocycles. The number of H-pyrrole nitrogens is 1. The maximum Gasteiger partial charge on any atom is 0.251 e. The van der Waals surface area contributed by atoms with E-state index in [1.165, 1.54) is 6.20 Å². The average molecular weight is 435 g/mol. The Morgan fingerprint density at radius 2 is 1.87 bits per heavy atom. The molecule has 3 aromatic rings. The number of halogens is 2. The van der Waals surface area contributed by atoms with Crippen molar-refractivity contribution in [3.8, 4) is 22.8 Å². The van der Waals surface area contributed by atoms with Gasteiger partial charge in [-0.15, -0.1) is 0 Å². The van der Waals surface area contributed by atoms with Crippen molar-refractivity contribution in [1.82, 2.24) is 15.0 Å². The lowest BCUT2D eigenvalue weighted by Gasteiger charge is -2.16. The molecule has 0 aliphatic rings. The van der Waals surface area contributed by atoms with Crippen molar-refractivity contribution in [3.05, 3.63) is 63.7 Å². The third-order valence-corrected chi connectivity index (χ3v) is 5.27. The number of rotatable bonds is 5. The van der Waals surface area contributed by atoms with Gasteiger partial charge in [-0.1, -0.05) is 13.8 Å². The minimum absolute atomic E-state index is 0.0461. The summed E-state index contributed by atoms with van der Waals surface area (Å²) in [6.07, 6.45) is 3.43. The van der Waals surface area contributed by atoms with E-state index in [1.54, 1.807) is 6.92 Å². The normalized spacial score (nSPS) is 11.7. The molecule has 0 aliphatic heterocycles. The van der Waals surface area contributed by atoms with Crippen molar-refractivity contribution in [2.24, 2.45) is 0 Å². The molecule has 10 heteroatoms. The van der Waals surface area contributed by atoms with Gasteiger partial charge in [-0.2, -0.15) is 0 Å². The zero-order chi connectivity index (χ0) is 22.2. The summed E-state index contributed by atoms with van der Waals surface area (Å²) in [7, 11) is -3.76. The molecule has 0 spiro atoms. The predicted octanol–water partition coefficient (Wildman–Crippen LogP) is 3.74. The summed E-state index contributed by atoms with van der Waals surface area (Å²) < 4.78 is 56.8. The molecule has 0 aliphatic carbocycles. The lowest BCUT2D eigenvalue weighted by molar-refractivity contribution is 0.434. The Hall–Kier alpha value is -3.14. The Morgan fingerprint density at radius 1 is 1.17 bits per heavy atom. The summed E-state index contributed by atoms with van der Waals surface area (Å²) in [5, 5.41) is -0.457. The van der Waals surface area contributed by atoms with Crippen LogP contribution in [0.2, 0.25) is 0 Å². The molecular weight excluding hydrogens is 416 g/mol. The van der Waals surface area contributed by atoms with Gasteiger partial charge in [0.15, 0.2) is 17.3 Å². The molecule has 158 valence electrons. The van der Waals surface area contributed by atoms with Gasteiger partial charge in [0, 0.05) is 29.6 Å². The van der Waals surface area contributed by atoms with E-state index in [-0.39, 0.29) is 28.7 Å². The van der Waals surface area contributed by atoms with Crippen LogP contribution in [0.4, 0.5) is 8.78 Å². The molecule has 1 aromatic carbocycles. The number of hydrogen-bond donors (Lipinski definition) is 1. The summed E-state index contributed by atoms with van der Waals surface area (Å²) in [4.78, 5) is 22.8. The van der Waals surface area contributed by atoms with Gasteiger partial charge in [-0.3, -0.25) is 4.79 Å². The second-order valence-electron chi connectivity index (χ2n) is 7.04. The first-order valence-electron chi connectivity index (χ1n) is 8.91. The fraction of sp³-hybridized carbons (Fsp3) is 0.250. The van der Waals surface area contributed by atoms with Crippen LogP contribution < -0.4 is 10.3 Å². The van der Waals surface area contributed by atoms with Gasteiger partial charge in [0.25, 0.3) is 5.56 Å². The van der Waals surface area contributed by atoms with Crippen LogP contribution in [0.15, 0.2) is 40.5 Å². The molecule has 0 atom stereocenters. The van der Waals surface area contributed by atoms with E-state index in [4.69, 9.17) is 4.74 Å². The summed E-state index contributed by atoms with van der Waals surface area (Å²) in [5.41, 5.74) is 1.21. The number of nitrogens with one attached hydrogen (secondary N) is 1. The highest BCUT2D eigenvalue weighted by Crippen LogP contribution is 2.35. The maximum atomic E-state index is 14.1. The van der Waals surface area contributed by atoms with Crippen molar-refractivity contribution >= 4 is 9.84 Å². The second-order valence-corrected chi connectivity index (χ2v) is 8.95. The number of hydrogen-bond acceptors (Lipinski definition) is 6. The lowest BCUT2D eigenvalue weighted by atomic mass is 9.95. The Bertz CT molecular complexity index is 1290. The van der Waals surface area contributed by atoms with E-state index in [1.807, 2.05) is 13.8 Å². The van der Waals surface area contributed by atoms with E-state index in [0.717, 1.165) is 24.6 Å². The van der Waals surface area contributed by atoms with Crippen LogP contribution in [0.1, 0.15) is 30.9 Å². The van der Waals surface area contributed by atoms with Crippen LogP contribution in [0.25, 0.3) is 11.3 Å². The molecular formula is C20H19F2N3O4S. The van der Waals surface area contributed by atoms with Gasteiger partial charge in [-0.05, 0) is 30.5 Å².